The Morgan fingerprint density at radius 1 is 1.04 bits per heavy atom. The molecule has 2 aromatic rings. The number of aryl methyl sites for hydroxylation is 1. The van der Waals surface area contributed by atoms with Crippen LogP contribution in [0.25, 0.3) is 0 Å². The van der Waals surface area contributed by atoms with Gasteiger partial charge in [-0.1, -0.05) is 17.7 Å². The van der Waals surface area contributed by atoms with Crippen LogP contribution in [0.3, 0.4) is 0 Å². The summed E-state index contributed by atoms with van der Waals surface area (Å²) < 4.78 is 23.4. The second kappa shape index (κ2) is 7.32. The highest BCUT2D eigenvalue weighted by molar-refractivity contribution is 7.90. The van der Waals surface area contributed by atoms with E-state index < -0.39 is 15.7 Å². The van der Waals surface area contributed by atoms with Crippen LogP contribution in [-0.4, -0.2) is 32.5 Å². The smallest absolute Gasteiger partial charge is 0.255 e. The number of hydrogen-bond acceptors (Lipinski definition) is 4. The number of carbonyl (C=O) groups excluding carboxylic acids is 2. The van der Waals surface area contributed by atoms with Crippen molar-refractivity contribution in [2.75, 3.05) is 11.6 Å². The van der Waals surface area contributed by atoms with Gasteiger partial charge in [-0.2, -0.15) is 0 Å². The van der Waals surface area contributed by atoms with Crippen LogP contribution in [0.4, 0.5) is 5.69 Å². The van der Waals surface area contributed by atoms with Crippen molar-refractivity contribution < 1.29 is 18.0 Å². The molecule has 0 unspecified atom stereocenters. The monoisotopic (exact) mass is 406 g/mol. The topological polar surface area (TPSA) is 92.3 Å². The summed E-state index contributed by atoms with van der Waals surface area (Å²) in [4.78, 5) is 24.7. The van der Waals surface area contributed by atoms with Gasteiger partial charge in [0, 0.05) is 23.5 Å². The lowest BCUT2D eigenvalue weighted by molar-refractivity contribution is 0.0950. The minimum atomic E-state index is -3.42. The summed E-state index contributed by atoms with van der Waals surface area (Å²) in [7, 11) is -3.42. The fraction of sp³-hybridized carbons (Fsp3) is 0.263. The van der Waals surface area contributed by atoms with E-state index in [4.69, 9.17) is 11.6 Å². The zero-order valence-electron chi connectivity index (χ0n) is 14.9. The molecule has 3 rings (SSSR count). The van der Waals surface area contributed by atoms with E-state index in [2.05, 4.69) is 10.6 Å². The van der Waals surface area contributed by atoms with Crippen LogP contribution >= 0.6 is 11.6 Å². The summed E-state index contributed by atoms with van der Waals surface area (Å²) >= 11 is 6.18. The molecule has 0 heterocycles. The number of hydrogen-bond donors (Lipinski definition) is 2. The van der Waals surface area contributed by atoms with Gasteiger partial charge in [0.05, 0.1) is 15.5 Å². The molecule has 2 amide bonds. The number of nitrogens with one attached hydrogen (secondary N) is 2. The highest BCUT2D eigenvalue weighted by Crippen LogP contribution is 2.25. The summed E-state index contributed by atoms with van der Waals surface area (Å²) in [5.41, 5.74) is 1.66. The molecule has 1 aliphatic carbocycles. The third-order valence-electron chi connectivity index (χ3n) is 4.27. The minimum absolute atomic E-state index is 0.0726. The quantitative estimate of drug-likeness (QED) is 0.797. The second-order valence-electron chi connectivity index (χ2n) is 6.65. The van der Waals surface area contributed by atoms with Gasteiger partial charge in [-0.3, -0.25) is 9.59 Å². The molecular formula is C19H19ClN2O4S. The zero-order chi connectivity index (χ0) is 19.8. The maximum absolute atomic E-state index is 12.6. The van der Waals surface area contributed by atoms with Gasteiger partial charge in [0.1, 0.15) is 0 Å². The number of carbonyl (C=O) groups is 2. The molecule has 8 heteroatoms. The number of sulfone groups is 1. The Kier molecular flexibility index (Phi) is 5.26. The highest BCUT2D eigenvalue weighted by atomic mass is 35.5. The van der Waals surface area contributed by atoms with Crippen molar-refractivity contribution >= 4 is 38.9 Å². The van der Waals surface area contributed by atoms with Crippen LogP contribution in [0.2, 0.25) is 5.02 Å². The molecule has 27 heavy (non-hydrogen) atoms. The first kappa shape index (κ1) is 19.4. The van der Waals surface area contributed by atoms with Crippen molar-refractivity contribution in [1.82, 2.24) is 5.32 Å². The van der Waals surface area contributed by atoms with Crippen LogP contribution in [0, 0.1) is 6.92 Å². The van der Waals surface area contributed by atoms with E-state index in [-0.39, 0.29) is 27.4 Å². The predicted octanol–water partition coefficient (Wildman–Crippen LogP) is 3.20. The SMILES string of the molecule is Cc1ccc(S(C)(=O)=O)cc1C(=O)Nc1ccc(C(=O)NC2CC2)c(Cl)c1. The van der Waals surface area contributed by atoms with E-state index in [1.165, 1.54) is 18.2 Å². The summed E-state index contributed by atoms with van der Waals surface area (Å²) in [6.07, 6.45) is 3.04. The fourth-order valence-corrected chi connectivity index (χ4v) is 3.46. The Bertz CT molecular complexity index is 1030. The molecule has 0 saturated heterocycles. The maximum Gasteiger partial charge on any atom is 0.255 e. The first-order valence-corrected chi connectivity index (χ1v) is 10.6. The number of benzene rings is 2. The van der Waals surface area contributed by atoms with Gasteiger partial charge in [-0.15, -0.1) is 0 Å². The van der Waals surface area contributed by atoms with E-state index in [9.17, 15) is 18.0 Å². The summed E-state index contributed by atoms with van der Waals surface area (Å²) in [5, 5.41) is 5.77. The molecule has 0 aromatic heterocycles. The summed E-state index contributed by atoms with van der Waals surface area (Å²) in [5.74, 6) is -0.693. The van der Waals surface area contributed by atoms with Crippen LogP contribution < -0.4 is 10.6 Å². The molecule has 0 spiro atoms. The minimum Gasteiger partial charge on any atom is -0.349 e. The highest BCUT2D eigenvalue weighted by Gasteiger charge is 2.24. The number of halogens is 1. The van der Waals surface area contributed by atoms with Gasteiger partial charge < -0.3 is 10.6 Å². The number of rotatable bonds is 5. The van der Waals surface area contributed by atoms with E-state index >= 15 is 0 Å². The standard InChI is InChI=1S/C19H19ClN2O4S/c1-11-3-7-14(27(2,25)26)10-16(11)19(24)22-13-6-8-15(17(20)9-13)18(23)21-12-4-5-12/h3,6-10,12H,4-5H2,1-2H3,(H,21,23)(H,22,24). The average molecular weight is 407 g/mol. The van der Waals surface area contributed by atoms with E-state index in [0.29, 0.717) is 16.8 Å². The molecule has 142 valence electrons. The van der Waals surface area contributed by atoms with Crippen LogP contribution in [0.15, 0.2) is 41.3 Å². The van der Waals surface area contributed by atoms with E-state index in [1.54, 1.807) is 25.1 Å². The molecule has 6 nitrogen and oxygen atoms in total. The third kappa shape index (κ3) is 4.67. The van der Waals surface area contributed by atoms with E-state index in [1.807, 2.05) is 0 Å². The largest absolute Gasteiger partial charge is 0.349 e. The second-order valence-corrected chi connectivity index (χ2v) is 9.07. The lowest BCUT2D eigenvalue weighted by Crippen LogP contribution is -2.25. The number of anilines is 1. The lowest BCUT2D eigenvalue weighted by atomic mass is 10.1. The molecular weight excluding hydrogens is 388 g/mol. The molecule has 2 aromatic carbocycles. The van der Waals surface area contributed by atoms with Crippen LogP contribution in [0.5, 0.6) is 0 Å². The van der Waals surface area contributed by atoms with Crippen molar-refractivity contribution in [2.45, 2.75) is 30.7 Å². The molecule has 0 bridgehead atoms. The maximum atomic E-state index is 12.6. The fourth-order valence-electron chi connectivity index (χ4n) is 2.54. The van der Waals surface area contributed by atoms with Crippen molar-refractivity contribution in [1.29, 1.82) is 0 Å². The Balaban J connectivity index is 1.80. The van der Waals surface area contributed by atoms with Crippen molar-refractivity contribution in [3.63, 3.8) is 0 Å². The normalized spacial score (nSPS) is 13.9. The van der Waals surface area contributed by atoms with Crippen molar-refractivity contribution in [3.05, 3.63) is 58.1 Å². The molecule has 0 atom stereocenters. The molecule has 1 fully saturated rings. The zero-order valence-corrected chi connectivity index (χ0v) is 16.4. The Morgan fingerprint density at radius 3 is 2.33 bits per heavy atom. The number of amides is 2. The average Bonchev–Trinajstić information content (AvgIpc) is 3.38. The van der Waals surface area contributed by atoms with Gasteiger partial charge >= 0.3 is 0 Å². The van der Waals surface area contributed by atoms with Gasteiger partial charge in [-0.25, -0.2) is 8.42 Å². The van der Waals surface area contributed by atoms with E-state index in [0.717, 1.165) is 19.1 Å². The summed E-state index contributed by atoms with van der Waals surface area (Å²) in [6, 6.07) is 9.25. The van der Waals surface area contributed by atoms with Gasteiger partial charge in [0.25, 0.3) is 11.8 Å². The third-order valence-corrected chi connectivity index (χ3v) is 5.69. The summed E-state index contributed by atoms with van der Waals surface area (Å²) in [6.45, 7) is 1.72. The molecule has 1 saturated carbocycles. The first-order valence-electron chi connectivity index (χ1n) is 8.37. The molecule has 0 aliphatic heterocycles. The van der Waals surface area contributed by atoms with Crippen molar-refractivity contribution in [3.8, 4) is 0 Å². The van der Waals surface area contributed by atoms with Crippen molar-refractivity contribution in [2.24, 2.45) is 0 Å². The predicted molar refractivity (Wildman–Crippen MR) is 104 cm³/mol. The van der Waals surface area contributed by atoms with Gasteiger partial charge in [0.15, 0.2) is 9.84 Å². The molecule has 2 N–H and O–H groups in total. The van der Waals surface area contributed by atoms with Gasteiger partial charge in [0.2, 0.25) is 0 Å². The lowest BCUT2D eigenvalue weighted by Gasteiger charge is -2.11. The van der Waals surface area contributed by atoms with Gasteiger partial charge in [-0.05, 0) is 55.7 Å². The Labute approximate surface area is 162 Å². The molecule has 0 radical (unpaired) electrons. The Morgan fingerprint density at radius 2 is 1.74 bits per heavy atom. The van der Waals surface area contributed by atoms with Crippen LogP contribution in [0.1, 0.15) is 39.1 Å². The van der Waals surface area contributed by atoms with Crippen LogP contribution in [-0.2, 0) is 9.84 Å². The Hall–Kier alpha value is -2.38. The molecule has 1 aliphatic rings. The first-order chi connectivity index (χ1) is 12.6.